The van der Waals surface area contributed by atoms with E-state index in [-0.39, 0.29) is 23.5 Å². The van der Waals surface area contributed by atoms with Gasteiger partial charge in [0.25, 0.3) is 0 Å². The number of thioether (sulfide) groups is 1. The Morgan fingerprint density at radius 3 is 2.55 bits per heavy atom. The predicted octanol–water partition coefficient (Wildman–Crippen LogP) is 0.846. The fourth-order valence-corrected chi connectivity index (χ4v) is 2.20. The zero-order valence-electron chi connectivity index (χ0n) is 11.8. The lowest BCUT2D eigenvalue weighted by Crippen LogP contribution is -2.40. The van der Waals surface area contributed by atoms with Gasteiger partial charge in [-0.1, -0.05) is 18.2 Å². The van der Waals surface area contributed by atoms with Crippen molar-refractivity contribution < 1.29 is 9.59 Å². The number of carbonyl (C=O) groups excluding carboxylic acids is 2. The Hall–Kier alpha value is -1.69. The van der Waals surface area contributed by atoms with E-state index in [0.717, 1.165) is 5.69 Å². The summed E-state index contributed by atoms with van der Waals surface area (Å²) in [7, 11) is 1.99. The second kappa shape index (κ2) is 8.47. The van der Waals surface area contributed by atoms with Crippen molar-refractivity contribution in [2.75, 3.05) is 30.0 Å². The molecule has 0 fully saturated rings. The highest BCUT2D eigenvalue weighted by molar-refractivity contribution is 8.00. The first-order valence-corrected chi connectivity index (χ1v) is 7.56. The molecule has 5 nitrogen and oxygen atoms in total. The van der Waals surface area contributed by atoms with Gasteiger partial charge in [0.2, 0.25) is 11.8 Å². The van der Waals surface area contributed by atoms with E-state index in [1.54, 1.807) is 0 Å². The maximum absolute atomic E-state index is 11.6. The average Bonchev–Trinajstić information content (AvgIpc) is 2.44. The van der Waals surface area contributed by atoms with Crippen LogP contribution in [0.3, 0.4) is 0 Å². The second-order valence-corrected chi connectivity index (χ2v) is 5.54. The molecule has 1 rings (SSSR count). The summed E-state index contributed by atoms with van der Waals surface area (Å²) in [5, 5.41) is 2.85. The molecule has 6 heteroatoms. The predicted molar refractivity (Wildman–Crippen MR) is 83.8 cm³/mol. The van der Waals surface area contributed by atoms with E-state index < -0.39 is 5.91 Å². The Morgan fingerprint density at radius 2 is 1.95 bits per heavy atom. The van der Waals surface area contributed by atoms with E-state index in [1.165, 1.54) is 11.8 Å². The molecule has 2 amide bonds. The zero-order chi connectivity index (χ0) is 15.0. The van der Waals surface area contributed by atoms with Crippen molar-refractivity contribution in [1.29, 1.82) is 0 Å². The number of nitrogens with one attached hydrogen (secondary N) is 1. The highest BCUT2D eigenvalue weighted by Gasteiger charge is 2.11. The topological polar surface area (TPSA) is 75.4 Å². The fourth-order valence-electron chi connectivity index (χ4n) is 1.61. The molecule has 1 atom stereocenters. The lowest BCUT2D eigenvalue weighted by molar-refractivity contribution is -0.118. The van der Waals surface area contributed by atoms with Crippen LogP contribution in [0, 0.1) is 0 Å². The summed E-state index contributed by atoms with van der Waals surface area (Å²) >= 11 is 1.23. The fraction of sp³-hybridized carbons (Fsp3) is 0.429. The van der Waals surface area contributed by atoms with Crippen molar-refractivity contribution in [2.45, 2.75) is 13.0 Å². The Morgan fingerprint density at radius 1 is 1.30 bits per heavy atom. The standard InChI is InChI=1S/C14H21N3O2S/c1-11(17(2)12-6-4-3-5-7-12)8-16-14(19)10-20-9-13(15)18/h3-7,11H,8-10H2,1-2H3,(H2,15,18)(H,16,19). The van der Waals surface area contributed by atoms with E-state index in [9.17, 15) is 9.59 Å². The molecule has 0 saturated carbocycles. The molecule has 0 aliphatic heterocycles. The van der Waals surface area contributed by atoms with Gasteiger partial charge in [0, 0.05) is 25.3 Å². The molecule has 0 radical (unpaired) electrons. The van der Waals surface area contributed by atoms with Crippen LogP contribution in [0.25, 0.3) is 0 Å². The number of anilines is 1. The summed E-state index contributed by atoms with van der Waals surface area (Å²) in [6.07, 6.45) is 0. The Bertz CT molecular complexity index is 439. The van der Waals surface area contributed by atoms with Gasteiger partial charge in [0.15, 0.2) is 0 Å². The van der Waals surface area contributed by atoms with Crippen molar-refractivity contribution in [3.05, 3.63) is 30.3 Å². The minimum Gasteiger partial charge on any atom is -0.370 e. The molecule has 20 heavy (non-hydrogen) atoms. The minimum absolute atomic E-state index is 0.0791. The van der Waals surface area contributed by atoms with E-state index in [4.69, 9.17) is 5.73 Å². The molecule has 1 aromatic carbocycles. The first-order valence-electron chi connectivity index (χ1n) is 6.41. The third kappa shape index (κ3) is 5.97. The van der Waals surface area contributed by atoms with Crippen molar-refractivity contribution >= 4 is 29.3 Å². The third-order valence-electron chi connectivity index (χ3n) is 2.90. The first kappa shape index (κ1) is 16.4. The van der Waals surface area contributed by atoms with E-state index in [2.05, 4.69) is 10.2 Å². The van der Waals surface area contributed by atoms with Crippen LogP contribution in [-0.4, -0.2) is 43.0 Å². The van der Waals surface area contributed by atoms with E-state index in [1.807, 2.05) is 44.3 Å². The summed E-state index contributed by atoms with van der Waals surface area (Å²) in [5.74, 6) is -0.0537. The maximum Gasteiger partial charge on any atom is 0.230 e. The lowest BCUT2D eigenvalue weighted by Gasteiger charge is -2.27. The molecule has 1 unspecified atom stereocenters. The van der Waals surface area contributed by atoms with Gasteiger partial charge >= 0.3 is 0 Å². The molecule has 0 heterocycles. The van der Waals surface area contributed by atoms with Crippen LogP contribution in [0.4, 0.5) is 5.69 Å². The highest BCUT2D eigenvalue weighted by atomic mass is 32.2. The van der Waals surface area contributed by atoms with E-state index in [0.29, 0.717) is 6.54 Å². The number of benzene rings is 1. The van der Waals surface area contributed by atoms with Crippen LogP contribution >= 0.6 is 11.8 Å². The van der Waals surface area contributed by atoms with Crippen molar-refractivity contribution in [3.8, 4) is 0 Å². The van der Waals surface area contributed by atoms with Crippen LogP contribution in [0.5, 0.6) is 0 Å². The van der Waals surface area contributed by atoms with Crippen molar-refractivity contribution in [1.82, 2.24) is 5.32 Å². The minimum atomic E-state index is -0.403. The SMILES string of the molecule is CC(CNC(=O)CSCC(N)=O)N(C)c1ccccc1. The number of hydrogen-bond acceptors (Lipinski definition) is 4. The number of hydrogen-bond donors (Lipinski definition) is 2. The Labute approximate surface area is 123 Å². The van der Waals surface area contributed by atoms with Gasteiger partial charge in [0.05, 0.1) is 11.5 Å². The van der Waals surface area contributed by atoms with Gasteiger partial charge in [-0.3, -0.25) is 9.59 Å². The molecule has 3 N–H and O–H groups in total. The molecule has 0 bridgehead atoms. The molecule has 0 aromatic heterocycles. The lowest BCUT2D eigenvalue weighted by atomic mass is 10.2. The molecular formula is C14H21N3O2S. The van der Waals surface area contributed by atoms with Crippen LogP contribution in [0.1, 0.15) is 6.92 Å². The summed E-state index contributed by atoms with van der Waals surface area (Å²) in [4.78, 5) is 24.2. The van der Waals surface area contributed by atoms with E-state index >= 15 is 0 Å². The number of rotatable bonds is 8. The third-order valence-corrected chi connectivity index (χ3v) is 3.85. The number of amides is 2. The summed E-state index contributed by atoms with van der Waals surface area (Å²) < 4.78 is 0. The van der Waals surface area contributed by atoms with Gasteiger partial charge in [-0.2, -0.15) is 0 Å². The second-order valence-electron chi connectivity index (χ2n) is 4.56. The van der Waals surface area contributed by atoms with Gasteiger partial charge < -0.3 is 16.0 Å². The van der Waals surface area contributed by atoms with Gasteiger partial charge in [0.1, 0.15) is 0 Å². The van der Waals surface area contributed by atoms with Crippen LogP contribution in [0.15, 0.2) is 30.3 Å². The number of nitrogens with zero attached hydrogens (tertiary/aromatic N) is 1. The monoisotopic (exact) mass is 295 g/mol. The molecule has 0 saturated heterocycles. The maximum atomic E-state index is 11.6. The van der Waals surface area contributed by atoms with Crippen LogP contribution in [-0.2, 0) is 9.59 Å². The number of para-hydroxylation sites is 1. The summed E-state index contributed by atoms with van der Waals surface area (Å²) in [6.45, 7) is 2.60. The largest absolute Gasteiger partial charge is 0.370 e. The molecule has 0 spiro atoms. The number of carbonyl (C=O) groups is 2. The summed E-state index contributed by atoms with van der Waals surface area (Å²) in [5.41, 5.74) is 6.12. The Kier molecular flexibility index (Phi) is 6.93. The van der Waals surface area contributed by atoms with Crippen molar-refractivity contribution in [2.24, 2.45) is 5.73 Å². The van der Waals surface area contributed by atoms with Gasteiger partial charge in [-0.05, 0) is 19.1 Å². The molecular weight excluding hydrogens is 274 g/mol. The molecule has 110 valence electrons. The smallest absolute Gasteiger partial charge is 0.230 e. The summed E-state index contributed by atoms with van der Waals surface area (Å²) in [6, 6.07) is 10.2. The number of nitrogens with two attached hydrogens (primary N) is 1. The highest BCUT2D eigenvalue weighted by Crippen LogP contribution is 2.13. The average molecular weight is 295 g/mol. The zero-order valence-corrected chi connectivity index (χ0v) is 12.7. The first-order chi connectivity index (χ1) is 9.50. The van der Waals surface area contributed by atoms with Crippen LogP contribution < -0.4 is 16.0 Å². The molecule has 1 aromatic rings. The molecule has 0 aliphatic carbocycles. The quantitative estimate of drug-likeness (QED) is 0.745. The van der Waals surface area contributed by atoms with Crippen LogP contribution in [0.2, 0.25) is 0 Å². The number of primary amides is 1. The van der Waals surface area contributed by atoms with Gasteiger partial charge in [-0.15, -0.1) is 11.8 Å². The van der Waals surface area contributed by atoms with Gasteiger partial charge in [-0.25, -0.2) is 0 Å². The Balaban J connectivity index is 2.30. The number of likely N-dealkylation sites (N-methyl/N-ethyl adjacent to an activating group) is 1. The molecule has 0 aliphatic rings. The van der Waals surface area contributed by atoms with Crippen molar-refractivity contribution in [3.63, 3.8) is 0 Å². The normalized spacial score (nSPS) is 11.7.